The molecule has 1 aromatic carbocycles. The zero-order valence-corrected chi connectivity index (χ0v) is 11.4. The van der Waals surface area contributed by atoms with Crippen molar-refractivity contribution in [3.05, 3.63) is 36.0 Å². The molecule has 1 amide bonds. The zero-order valence-electron chi connectivity index (χ0n) is 9.84. The highest BCUT2D eigenvalue weighted by Crippen LogP contribution is 2.37. The van der Waals surface area contributed by atoms with E-state index in [1.807, 2.05) is 23.1 Å². The van der Waals surface area contributed by atoms with Crippen molar-refractivity contribution in [1.29, 1.82) is 0 Å². The number of carbonyl (C=O) groups is 1. The molecule has 1 aliphatic carbocycles. The van der Waals surface area contributed by atoms with Crippen molar-refractivity contribution in [2.24, 2.45) is 0 Å². The molecule has 1 atom stereocenters. The predicted molar refractivity (Wildman–Crippen MR) is 74.0 cm³/mol. The van der Waals surface area contributed by atoms with E-state index < -0.39 is 0 Å². The number of hydrogen-bond acceptors (Lipinski definition) is 1. The molecular formula is C14H13BrN2O. The number of aromatic nitrogens is 1. The molecule has 4 heteroatoms. The first kappa shape index (κ1) is 10.6. The standard InChI is InChI=1S/C14H13BrN2O/c15-13-8-16(10-5-6-10)14(18)12-7-9-3-1-2-4-11(9)17(12)13/h1-4,7,10,13H,5-6,8H2. The van der Waals surface area contributed by atoms with Crippen LogP contribution < -0.4 is 0 Å². The highest BCUT2D eigenvalue weighted by Gasteiger charge is 2.39. The molecule has 0 bridgehead atoms. The summed E-state index contributed by atoms with van der Waals surface area (Å²) in [4.78, 5) is 14.7. The number of amides is 1. The highest BCUT2D eigenvalue weighted by molar-refractivity contribution is 9.09. The fraction of sp³-hybridized carbons (Fsp3) is 0.357. The third kappa shape index (κ3) is 1.38. The van der Waals surface area contributed by atoms with Crippen LogP contribution >= 0.6 is 15.9 Å². The van der Waals surface area contributed by atoms with Gasteiger partial charge in [0.15, 0.2) is 0 Å². The van der Waals surface area contributed by atoms with Crippen molar-refractivity contribution >= 4 is 32.7 Å². The summed E-state index contributed by atoms with van der Waals surface area (Å²) in [5.74, 6) is 0.185. The minimum Gasteiger partial charge on any atom is -0.331 e. The summed E-state index contributed by atoms with van der Waals surface area (Å²) in [6, 6.07) is 10.7. The number of benzene rings is 1. The van der Waals surface area contributed by atoms with Gasteiger partial charge in [0.2, 0.25) is 0 Å². The van der Waals surface area contributed by atoms with E-state index in [0.29, 0.717) is 6.04 Å². The lowest BCUT2D eigenvalue weighted by Crippen LogP contribution is -2.42. The summed E-state index contributed by atoms with van der Waals surface area (Å²) in [5, 5.41) is 1.14. The van der Waals surface area contributed by atoms with E-state index in [4.69, 9.17) is 0 Å². The molecule has 1 aliphatic heterocycles. The third-order valence-corrected chi connectivity index (χ3v) is 4.54. The molecule has 1 aromatic heterocycles. The van der Waals surface area contributed by atoms with E-state index in [1.165, 1.54) is 0 Å². The number of fused-ring (bicyclic) bond motifs is 3. The van der Waals surface area contributed by atoms with Crippen molar-refractivity contribution in [3.63, 3.8) is 0 Å². The second-order valence-corrected chi connectivity index (χ2v) is 6.14. The number of rotatable bonds is 1. The van der Waals surface area contributed by atoms with Crippen molar-refractivity contribution in [1.82, 2.24) is 9.47 Å². The molecule has 1 fully saturated rings. The molecule has 2 aliphatic rings. The Morgan fingerprint density at radius 3 is 2.78 bits per heavy atom. The van der Waals surface area contributed by atoms with Crippen molar-refractivity contribution < 1.29 is 4.79 Å². The maximum absolute atomic E-state index is 12.5. The molecule has 0 spiro atoms. The number of nitrogens with zero attached hydrogens (tertiary/aromatic N) is 2. The molecular weight excluding hydrogens is 292 g/mol. The summed E-state index contributed by atoms with van der Waals surface area (Å²) in [6.07, 6.45) is 2.32. The lowest BCUT2D eigenvalue weighted by Gasteiger charge is -2.32. The molecule has 3 nitrogen and oxygen atoms in total. The first-order chi connectivity index (χ1) is 8.75. The van der Waals surface area contributed by atoms with Gasteiger partial charge in [0.05, 0.1) is 6.54 Å². The molecule has 2 heterocycles. The molecule has 0 N–H and O–H groups in total. The number of alkyl halides is 1. The van der Waals surface area contributed by atoms with Gasteiger partial charge >= 0.3 is 0 Å². The van der Waals surface area contributed by atoms with Gasteiger partial charge in [-0.3, -0.25) is 4.79 Å². The predicted octanol–water partition coefficient (Wildman–Crippen LogP) is 3.15. The minimum absolute atomic E-state index is 0.185. The average Bonchev–Trinajstić information content (AvgIpc) is 3.13. The van der Waals surface area contributed by atoms with E-state index in [-0.39, 0.29) is 10.9 Å². The molecule has 18 heavy (non-hydrogen) atoms. The smallest absolute Gasteiger partial charge is 0.270 e. The second-order valence-electron chi connectivity index (χ2n) is 5.08. The fourth-order valence-electron chi connectivity index (χ4n) is 2.82. The Labute approximate surface area is 113 Å². The number of carbonyl (C=O) groups excluding carboxylic acids is 1. The zero-order chi connectivity index (χ0) is 12.3. The van der Waals surface area contributed by atoms with E-state index >= 15 is 0 Å². The van der Waals surface area contributed by atoms with Gasteiger partial charge in [0, 0.05) is 16.9 Å². The minimum atomic E-state index is 0.185. The van der Waals surface area contributed by atoms with E-state index in [9.17, 15) is 4.79 Å². The Balaban J connectivity index is 1.92. The van der Waals surface area contributed by atoms with Gasteiger partial charge in [0.25, 0.3) is 5.91 Å². The maximum Gasteiger partial charge on any atom is 0.270 e. The van der Waals surface area contributed by atoms with Gasteiger partial charge in [-0.15, -0.1) is 0 Å². The van der Waals surface area contributed by atoms with E-state index in [1.54, 1.807) is 0 Å². The Kier molecular flexibility index (Phi) is 2.13. The summed E-state index contributed by atoms with van der Waals surface area (Å²) in [7, 11) is 0. The molecule has 0 saturated heterocycles. The number of halogens is 1. The SMILES string of the molecule is O=C1c2cc3ccccc3n2C(Br)CN1C1CC1. The topological polar surface area (TPSA) is 25.2 Å². The van der Waals surface area contributed by atoms with E-state index in [0.717, 1.165) is 36.0 Å². The molecule has 1 saturated carbocycles. The van der Waals surface area contributed by atoms with Crippen LogP contribution in [-0.4, -0.2) is 28.0 Å². The number of para-hydroxylation sites is 1. The van der Waals surface area contributed by atoms with Crippen LogP contribution in [0.4, 0.5) is 0 Å². The fourth-order valence-corrected chi connectivity index (χ4v) is 3.57. The first-order valence-corrected chi connectivity index (χ1v) is 7.22. The normalized spacial score (nSPS) is 23.5. The second kappa shape index (κ2) is 3.60. The summed E-state index contributed by atoms with van der Waals surface area (Å²) < 4.78 is 2.12. The van der Waals surface area contributed by atoms with Gasteiger partial charge < -0.3 is 9.47 Å². The average molecular weight is 305 g/mol. The Bertz CT molecular complexity index is 644. The summed E-state index contributed by atoms with van der Waals surface area (Å²) >= 11 is 3.72. The lowest BCUT2D eigenvalue weighted by atomic mass is 10.2. The maximum atomic E-state index is 12.5. The van der Waals surface area contributed by atoms with Crippen LogP contribution in [0, 0.1) is 0 Å². The van der Waals surface area contributed by atoms with Crippen LogP contribution in [0.2, 0.25) is 0 Å². The van der Waals surface area contributed by atoms with Gasteiger partial charge in [-0.2, -0.15) is 0 Å². The highest BCUT2D eigenvalue weighted by atomic mass is 79.9. The van der Waals surface area contributed by atoms with Crippen LogP contribution in [0.5, 0.6) is 0 Å². The van der Waals surface area contributed by atoms with Gasteiger partial charge in [-0.25, -0.2) is 0 Å². The quantitative estimate of drug-likeness (QED) is 0.743. The Morgan fingerprint density at radius 1 is 1.22 bits per heavy atom. The monoisotopic (exact) mass is 304 g/mol. The molecule has 2 aromatic rings. The Hall–Kier alpha value is -1.29. The van der Waals surface area contributed by atoms with Gasteiger partial charge in [0.1, 0.15) is 10.6 Å². The largest absolute Gasteiger partial charge is 0.331 e. The van der Waals surface area contributed by atoms with Crippen molar-refractivity contribution in [2.45, 2.75) is 23.8 Å². The van der Waals surface area contributed by atoms with Crippen LogP contribution in [0.25, 0.3) is 10.9 Å². The lowest BCUT2D eigenvalue weighted by molar-refractivity contribution is 0.0691. The molecule has 4 rings (SSSR count). The summed E-state index contributed by atoms with van der Waals surface area (Å²) in [6.45, 7) is 0.773. The van der Waals surface area contributed by atoms with Crippen LogP contribution in [0.15, 0.2) is 30.3 Å². The van der Waals surface area contributed by atoms with Crippen molar-refractivity contribution in [3.8, 4) is 0 Å². The van der Waals surface area contributed by atoms with Gasteiger partial charge in [-0.05, 0) is 25.0 Å². The van der Waals surface area contributed by atoms with Gasteiger partial charge in [-0.1, -0.05) is 34.1 Å². The molecule has 92 valence electrons. The first-order valence-electron chi connectivity index (χ1n) is 6.31. The van der Waals surface area contributed by atoms with Crippen molar-refractivity contribution in [2.75, 3.05) is 6.54 Å². The van der Waals surface area contributed by atoms with Crippen LogP contribution in [0.3, 0.4) is 0 Å². The molecule has 1 unspecified atom stereocenters. The van der Waals surface area contributed by atoms with Crippen LogP contribution in [0.1, 0.15) is 28.3 Å². The third-order valence-electron chi connectivity index (χ3n) is 3.84. The van der Waals surface area contributed by atoms with E-state index in [2.05, 4.69) is 32.6 Å². The number of hydrogen-bond donors (Lipinski definition) is 0. The summed E-state index contributed by atoms with van der Waals surface area (Å²) in [5.41, 5.74) is 1.95. The molecule has 0 radical (unpaired) electrons. The van der Waals surface area contributed by atoms with Crippen LogP contribution in [-0.2, 0) is 0 Å². The Morgan fingerprint density at radius 2 is 2.00 bits per heavy atom.